The second-order valence-corrected chi connectivity index (χ2v) is 6.34. The average molecular weight is 325 g/mol. The van der Waals surface area contributed by atoms with E-state index in [0.29, 0.717) is 30.9 Å². The molecule has 0 saturated carbocycles. The van der Waals surface area contributed by atoms with Crippen LogP contribution in [0.2, 0.25) is 0 Å². The minimum absolute atomic E-state index is 0.220. The predicted molar refractivity (Wildman–Crippen MR) is 88.0 cm³/mol. The summed E-state index contributed by atoms with van der Waals surface area (Å²) in [7, 11) is 1.68. The fourth-order valence-electron chi connectivity index (χ4n) is 2.58. The van der Waals surface area contributed by atoms with Crippen LogP contribution in [-0.2, 0) is 15.9 Å². The third-order valence-corrected chi connectivity index (χ3v) is 5.07. The van der Waals surface area contributed by atoms with E-state index in [4.69, 9.17) is 26.7 Å². The molecule has 1 N–H and O–H groups in total. The average Bonchev–Trinajstić information content (AvgIpc) is 3.17. The standard InChI is InChI=1S/C14H19N3O2S2/c1-18-7-5-15-14(20)17-6-8-19-13(17)16-11-3-2-10-4-9-21-12(10)11/h4,9,11H,2-3,5-8H2,1H3,(H,15,20). The molecule has 1 atom stereocenters. The first-order valence-electron chi connectivity index (χ1n) is 7.10. The molecule has 1 unspecified atom stereocenters. The van der Waals surface area contributed by atoms with E-state index in [1.807, 2.05) is 4.90 Å². The summed E-state index contributed by atoms with van der Waals surface area (Å²) in [4.78, 5) is 8.10. The van der Waals surface area contributed by atoms with Gasteiger partial charge in [-0.1, -0.05) is 0 Å². The zero-order valence-corrected chi connectivity index (χ0v) is 13.6. The van der Waals surface area contributed by atoms with E-state index in [2.05, 4.69) is 16.8 Å². The van der Waals surface area contributed by atoms with E-state index < -0.39 is 0 Å². The molecule has 0 amide bonds. The summed E-state index contributed by atoms with van der Waals surface area (Å²) in [6, 6.07) is 3.07. The van der Waals surface area contributed by atoms with Crippen LogP contribution in [0, 0.1) is 0 Å². The minimum Gasteiger partial charge on any atom is -0.463 e. The smallest absolute Gasteiger partial charge is 0.294 e. The molecule has 1 aliphatic carbocycles. The van der Waals surface area contributed by atoms with Gasteiger partial charge < -0.3 is 14.8 Å². The quantitative estimate of drug-likeness (QED) is 0.677. The highest BCUT2D eigenvalue weighted by Gasteiger charge is 2.29. The molecule has 0 radical (unpaired) electrons. The number of aryl methyl sites for hydroxylation is 1. The summed E-state index contributed by atoms with van der Waals surface area (Å²) in [5, 5.41) is 5.97. The van der Waals surface area contributed by atoms with Crippen molar-refractivity contribution in [1.82, 2.24) is 10.2 Å². The van der Waals surface area contributed by atoms with Gasteiger partial charge in [0.05, 0.1) is 19.2 Å². The van der Waals surface area contributed by atoms with Crippen molar-refractivity contribution in [1.29, 1.82) is 0 Å². The maximum atomic E-state index is 5.67. The van der Waals surface area contributed by atoms with Crippen LogP contribution in [0.15, 0.2) is 16.4 Å². The molecule has 0 spiro atoms. The molecule has 0 aromatic carbocycles. The van der Waals surface area contributed by atoms with Gasteiger partial charge in [0.1, 0.15) is 6.61 Å². The molecule has 2 heterocycles. The van der Waals surface area contributed by atoms with Crippen LogP contribution in [-0.4, -0.2) is 49.4 Å². The molecule has 1 saturated heterocycles. The van der Waals surface area contributed by atoms with Crippen molar-refractivity contribution < 1.29 is 9.47 Å². The molecule has 1 aromatic rings. The molecule has 2 aliphatic rings. The Kier molecular flexibility index (Phi) is 4.72. The van der Waals surface area contributed by atoms with Gasteiger partial charge in [0.25, 0.3) is 6.02 Å². The molecular formula is C14H19N3O2S2. The second kappa shape index (κ2) is 6.72. The molecule has 7 heteroatoms. The van der Waals surface area contributed by atoms with Crippen LogP contribution in [0.4, 0.5) is 0 Å². The predicted octanol–water partition coefficient (Wildman–Crippen LogP) is 1.94. The number of fused-ring (bicyclic) bond motifs is 1. The highest BCUT2D eigenvalue weighted by atomic mass is 32.1. The molecule has 5 nitrogen and oxygen atoms in total. The molecule has 114 valence electrons. The maximum Gasteiger partial charge on any atom is 0.294 e. The van der Waals surface area contributed by atoms with Crippen LogP contribution in [0.3, 0.4) is 0 Å². The van der Waals surface area contributed by atoms with E-state index in [-0.39, 0.29) is 6.04 Å². The van der Waals surface area contributed by atoms with E-state index >= 15 is 0 Å². The van der Waals surface area contributed by atoms with E-state index in [1.165, 1.54) is 10.4 Å². The van der Waals surface area contributed by atoms with E-state index in [1.54, 1.807) is 18.4 Å². The third-order valence-electron chi connectivity index (χ3n) is 3.64. The number of hydrogen-bond acceptors (Lipinski definition) is 5. The fourth-order valence-corrected chi connectivity index (χ4v) is 3.88. The summed E-state index contributed by atoms with van der Waals surface area (Å²) in [6.45, 7) is 2.71. The first-order chi connectivity index (χ1) is 10.3. The number of rotatable bonds is 4. The van der Waals surface area contributed by atoms with E-state index in [0.717, 1.165) is 19.4 Å². The Bertz CT molecular complexity index is 544. The second-order valence-electron chi connectivity index (χ2n) is 5.00. The lowest BCUT2D eigenvalue weighted by atomic mass is 10.3. The lowest BCUT2D eigenvalue weighted by Gasteiger charge is -2.19. The molecule has 1 aromatic heterocycles. The number of ether oxygens (including phenoxy) is 2. The number of thiocarbonyl (C=S) groups is 1. The zero-order chi connectivity index (χ0) is 14.7. The largest absolute Gasteiger partial charge is 0.463 e. The van der Waals surface area contributed by atoms with Gasteiger partial charge in [-0.25, -0.2) is 4.99 Å². The number of hydrogen-bond donors (Lipinski definition) is 1. The Morgan fingerprint density at radius 3 is 3.43 bits per heavy atom. The van der Waals surface area contributed by atoms with Gasteiger partial charge in [-0.15, -0.1) is 11.3 Å². The molecular weight excluding hydrogens is 306 g/mol. The summed E-state index contributed by atoms with van der Waals surface area (Å²) in [5.41, 5.74) is 1.43. The van der Waals surface area contributed by atoms with Gasteiger partial charge >= 0.3 is 0 Å². The summed E-state index contributed by atoms with van der Waals surface area (Å²) in [5.74, 6) is 0. The highest BCUT2D eigenvalue weighted by Crippen LogP contribution is 2.38. The normalized spacial score (nSPS) is 22.4. The van der Waals surface area contributed by atoms with Crippen LogP contribution in [0.5, 0.6) is 0 Å². The van der Waals surface area contributed by atoms with Crippen LogP contribution in [0.1, 0.15) is 22.9 Å². The number of nitrogens with one attached hydrogen (secondary N) is 1. The van der Waals surface area contributed by atoms with Crippen molar-refractivity contribution in [3.05, 3.63) is 21.9 Å². The van der Waals surface area contributed by atoms with Gasteiger partial charge in [-0.3, -0.25) is 4.90 Å². The lowest BCUT2D eigenvalue weighted by molar-refractivity contribution is 0.203. The Hall–Kier alpha value is -1.18. The molecule has 1 fully saturated rings. The monoisotopic (exact) mass is 325 g/mol. The van der Waals surface area contributed by atoms with Crippen molar-refractivity contribution in [3.8, 4) is 0 Å². The molecule has 3 rings (SSSR count). The van der Waals surface area contributed by atoms with E-state index in [9.17, 15) is 0 Å². The SMILES string of the molecule is COCCNC(=S)N1CCOC1=NC1CCc2ccsc21. The molecule has 1 aliphatic heterocycles. The summed E-state index contributed by atoms with van der Waals surface area (Å²) >= 11 is 7.19. The Morgan fingerprint density at radius 2 is 2.57 bits per heavy atom. The number of amidine groups is 1. The van der Waals surface area contributed by atoms with Crippen molar-refractivity contribution in [2.45, 2.75) is 18.9 Å². The molecule has 21 heavy (non-hydrogen) atoms. The third kappa shape index (κ3) is 3.20. The van der Waals surface area contributed by atoms with Gasteiger partial charge in [0.15, 0.2) is 5.11 Å². The first-order valence-corrected chi connectivity index (χ1v) is 8.39. The van der Waals surface area contributed by atoms with Gasteiger partial charge in [-0.05, 0) is 42.1 Å². The van der Waals surface area contributed by atoms with Crippen molar-refractivity contribution in [3.63, 3.8) is 0 Å². The van der Waals surface area contributed by atoms with Gasteiger partial charge in [-0.2, -0.15) is 0 Å². The van der Waals surface area contributed by atoms with Crippen molar-refractivity contribution in [2.75, 3.05) is 33.4 Å². The topological polar surface area (TPSA) is 46.1 Å². The summed E-state index contributed by atoms with van der Waals surface area (Å²) in [6.07, 6.45) is 2.17. The van der Waals surface area contributed by atoms with Gasteiger partial charge in [0.2, 0.25) is 0 Å². The van der Waals surface area contributed by atoms with Gasteiger partial charge in [0, 0.05) is 18.5 Å². The number of nitrogens with zero attached hydrogens (tertiary/aromatic N) is 2. The van der Waals surface area contributed by atoms with Crippen molar-refractivity contribution in [2.24, 2.45) is 4.99 Å². The highest BCUT2D eigenvalue weighted by molar-refractivity contribution is 7.80. The van der Waals surface area contributed by atoms with Crippen LogP contribution < -0.4 is 5.32 Å². The minimum atomic E-state index is 0.220. The zero-order valence-electron chi connectivity index (χ0n) is 12.0. The maximum absolute atomic E-state index is 5.67. The number of thiophene rings is 1. The molecule has 0 bridgehead atoms. The van der Waals surface area contributed by atoms with Crippen LogP contribution in [0.25, 0.3) is 0 Å². The number of aliphatic imine (C=N–C) groups is 1. The Morgan fingerprint density at radius 1 is 1.67 bits per heavy atom. The van der Waals surface area contributed by atoms with Crippen molar-refractivity contribution >= 4 is 34.7 Å². The Labute approximate surface area is 134 Å². The lowest BCUT2D eigenvalue weighted by Crippen LogP contribution is -2.42. The Balaban J connectivity index is 1.67. The first kappa shape index (κ1) is 14.7. The number of methoxy groups -OCH3 is 1. The summed E-state index contributed by atoms with van der Waals surface area (Å²) < 4.78 is 10.7. The van der Waals surface area contributed by atoms with Crippen LogP contribution >= 0.6 is 23.6 Å². The fraction of sp³-hybridized carbons (Fsp3) is 0.571.